The minimum absolute atomic E-state index is 0.0331. The van der Waals surface area contributed by atoms with E-state index in [1.54, 1.807) is 12.1 Å². The van der Waals surface area contributed by atoms with Crippen LogP contribution in [-0.4, -0.2) is 27.2 Å². The summed E-state index contributed by atoms with van der Waals surface area (Å²) < 4.78 is 28.6. The van der Waals surface area contributed by atoms with Gasteiger partial charge in [0.25, 0.3) is 0 Å². The Labute approximate surface area is 87.7 Å². The van der Waals surface area contributed by atoms with Crippen molar-refractivity contribution >= 4 is 15.9 Å². The van der Waals surface area contributed by atoms with Crippen LogP contribution in [0.25, 0.3) is 6.08 Å². The number of rotatable bonds is 2. The molecule has 0 unspecified atom stereocenters. The Balaban J connectivity index is 2.64. The summed E-state index contributed by atoms with van der Waals surface area (Å²) in [4.78, 5) is 0.233. The van der Waals surface area contributed by atoms with Gasteiger partial charge in [0.2, 0.25) is 9.84 Å². The molecule has 0 spiro atoms. The standard InChI is InChI=1S/C10H10O4S/c1-14-8-3-2-7-4-9(6-11)15(12,13)10(7)5-8/h2-5,11H,6H2,1H3. The Morgan fingerprint density at radius 1 is 1.40 bits per heavy atom. The first-order chi connectivity index (χ1) is 7.09. The van der Waals surface area contributed by atoms with Crippen LogP contribution in [0.3, 0.4) is 0 Å². The molecule has 1 aromatic carbocycles. The monoisotopic (exact) mass is 226 g/mol. The van der Waals surface area contributed by atoms with Gasteiger partial charge in [0, 0.05) is 0 Å². The van der Waals surface area contributed by atoms with Crippen molar-refractivity contribution in [3.63, 3.8) is 0 Å². The lowest BCUT2D eigenvalue weighted by molar-refractivity contribution is 0.339. The third kappa shape index (κ3) is 1.44. The first-order valence-corrected chi connectivity index (χ1v) is 5.82. The van der Waals surface area contributed by atoms with E-state index in [2.05, 4.69) is 0 Å². The topological polar surface area (TPSA) is 63.6 Å². The van der Waals surface area contributed by atoms with E-state index in [1.807, 2.05) is 0 Å². The summed E-state index contributed by atoms with van der Waals surface area (Å²) in [6.45, 7) is -0.473. The Hall–Kier alpha value is -1.33. The molecule has 0 bridgehead atoms. The van der Waals surface area contributed by atoms with E-state index < -0.39 is 16.4 Å². The summed E-state index contributed by atoms with van der Waals surface area (Å²) in [5.74, 6) is 0.491. The largest absolute Gasteiger partial charge is 0.497 e. The molecule has 4 nitrogen and oxygen atoms in total. The number of ether oxygens (including phenoxy) is 1. The van der Waals surface area contributed by atoms with Gasteiger partial charge in [0.1, 0.15) is 5.75 Å². The summed E-state index contributed by atoms with van der Waals surface area (Å²) in [7, 11) is -2.02. The predicted molar refractivity (Wildman–Crippen MR) is 55.2 cm³/mol. The number of aliphatic hydroxyl groups is 1. The Bertz CT molecular complexity index is 528. The van der Waals surface area contributed by atoms with E-state index in [1.165, 1.54) is 19.3 Å². The van der Waals surface area contributed by atoms with E-state index in [-0.39, 0.29) is 9.80 Å². The van der Waals surface area contributed by atoms with Gasteiger partial charge in [0.15, 0.2) is 0 Å². The highest BCUT2D eigenvalue weighted by atomic mass is 32.2. The number of hydrogen-bond donors (Lipinski definition) is 1. The highest BCUT2D eigenvalue weighted by molar-refractivity contribution is 7.95. The summed E-state index contributed by atoms with van der Waals surface area (Å²) in [6, 6.07) is 4.81. The fraction of sp³-hybridized carbons (Fsp3) is 0.200. The molecule has 1 aliphatic rings. The van der Waals surface area contributed by atoms with Crippen LogP contribution in [0.4, 0.5) is 0 Å². The van der Waals surface area contributed by atoms with Crippen molar-refractivity contribution in [2.45, 2.75) is 4.90 Å². The van der Waals surface area contributed by atoms with Crippen LogP contribution in [0.1, 0.15) is 5.56 Å². The van der Waals surface area contributed by atoms with Gasteiger partial charge in [-0.3, -0.25) is 0 Å². The zero-order valence-electron chi connectivity index (χ0n) is 8.10. The smallest absolute Gasteiger partial charge is 0.205 e. The third-order valence-electron chi connectivity index (χ3n) is 2.33. The third-order valence-corrected chi connectivity index (χ3v) is 4.20. The van der Waals surface area contributed by atoms with Crippen LogP contribution in [-0.2, 0) is 9.84 Å². The molecule has 0 aliphatic carbocycles. The molecule has 1 N–H and O–H groups in total. The van der Waals surface area contributed by atoms with Crippen LogP contribution >= 0.6 is 0 Å². The van der Waals surface area contributed by atoms with Gasteiger partial charge >= 0.3 is 0 Å². The number of hydrogen-bond acceptors (Lipinski definition) is 4. The molecule has 2 rings (SSSR count). The molecular weight excluding hydrogens is 216 g/mol. The molecule has 1 aliphatic heterocycles. The number of aliphatic hydroxyl groups excluding tert-OH is 1. The summed E-state index contributed by atoms with van der Waals surface area (Å²) in [5, 5.41) is 8.92. The maximum absolute atomic E-state index is 11.8. The van der Waals surface area contributed by atoms with Crippen LogP contribution in [0.2, 0.25) is 0 Å². The molecule has 0 amide bonds. The SMILES string of the molecule is COc1ccc2c(c1)S(=O)(=O)C(CO)=C2. The fourth-order valence-electron chi connectivity index (χ4n) is 1.52. The molecule has 5 heteroatoms. The first kappa shape index (κ1) is 10.2. The van der Waals surface area contributed by atoms with Gasteiger partial charge < -0.3 is 9.84 Å². The van der Waals surface area contributed by atoms with Crippen molar-refractivity contribution in [2.75, 3.05) is 13.7 Å². The molecule has 1 aromatic rings. The van der Waals surface area contributed by atoms with E-state index in [0.717, 1.165) is 0 Å². The molecule has 1 heterocycles. The lowest BCUT2D eigenvalue weighted by Gasteiger charge is -2.03. The molecule has 80 valence electrons. The lowest BCUT2D eigenvalue weighted by atomic mass is 10.2. The van der Waals surface area contributed by atoms with E-state index in [4.69, 9.17) is 9.84 Å². The number of fused-ring (bicyclic) bond motifs is 1. The minimum atomic E-state index is -3.50. The van der Waals surface area contributed by atoms with Crippen molar-refractivity contribution in [1.82, 2.24) is 0 Å². The quantitative estimate of drug-likeness (QED) is 0.810. The van der Waals surface area contributed by atoms with Gasteiger partial charge in [-0.1, -0.05) is 0 Å². The Morgan fingerprint density at radius 3 is 2.73 bits per heavy atom. The molecule has 15 heavy (non-hydrogen) atoms. The average Bonchev–Trinajstić information content (AvgIpc) is 2.50. The average molecular weight is 226 g/mol. The normalized spacial score (nSPS) is 17.1. The highest BCUT2D eigenvalue weighted by Crippen LogP contribution is 2.34. The van der Waals surface area contributed by atoms with E-state index in [9.17, 15) is 8.42 Å². The van der Waals surface area contributed by atoms with Gasteiger partial charge in [-0.05, 0) is 29.8 Å². The fourth-order valence-corrected chi connectivity index (χ4v) is 2.96. The zero-order chi connectivity index (χ0) is 11.1. The second kappa shape index (κ2) is 3.36. The molecule has 0 saturated carbocycles. The van der Waals surface area contributed by atoms with Crippen LogP contribution < -0.4 is 4.74 Å². The first-order valence-electron chi connectivity index (χ1n) is 4.34. The minimum Gasteiger partial charge on any atom is -0.497 e. The van der Waals surface area contributed by atoms with Gasteiger partial charge in [-0.25, -0.2) is 8.42 Å². The molecule has 0 saturated heterocycles. The predicted octanol–water partition coefficient (Wildman–Crippen LogP) is 0.816. The van der Waals surface area contributed by atoms with E-state index >= 15 is 0 Å². The van der Waals surface area contributed by atoms with Gasteiger partial charge in [0.05, 0.1) is 23.5 Å². The second-order valence-electron chi connectivity index (χ2n) is 3.18. The Morgan fingerprint density at radius 2 is 2.13 bits per heavy atom. The molecule has 0 aromatic heterocycles. The summed E-state index contributed by atoms with van der Waals surface area (Å²) >= 11 is 0. The second-order valence-corrected chi connectivity index (χ2v) is 5.15. The zero-order valence-corrected chi connectivity index (χ0v) is 8.91. The molecule has 0 fully saturated rings. The number of sulfone groups is 1. The van der Waals surface area contributed by atoms with Crippen LogP contribution in [0.5, 0.6) is 5.75 Å². The van der Waals surface area contributed by atoms with E-state index in [0.29, 0.717) is 11.3 Å². The number of methoxy groups -OCH3 is 1. The lowest BCUT2D eigenvalue weighted by Crippen LogP contribution is -2.03. The number of benzene rings is 1. The van der Waals surface area contributed by atoms with Crippen LogP contribution in [0, 0.1) is 0 Å². The molecule has 0 atom stereocenters. The van der Waals surface area contributed by atoms with Gasteiger partial charge in [-0.2, -0.15) is 0 Å². The molecule has 0 radical (unpaired) electrons. The molecular formula is C10H10O4S. The maximum Gasteiger partial charge on any atom is 0.205 e. The van der Waals surface area contributed by atoms with Gasteiger partial charge in [-0.15, -0.1) is 0 Å². The van der Waals surface area contributed by atoms with Crippen molar-refractivity contribution < 1.29 is 18.3 Å². The Kier molecular flexibility index (Phi) is 2.28. The summed E-state index contributed by atoms with van der Waals surface area (Å²) in [6.07, 6.45) is 1.48. The van der Waals surface area contributed by atoms with Crippen molar-refractivity contribution in [3.05, 3.63) is 28.7 Å². The van der Waals surface area contributed by atoms with Crippen molar-refractivity contribution in [2.24, 2.45) is 0 Å². The van der Waals surface area contributed by atoms with Crippen molar-refractivity contribution in [1.29, 1.82) is 0 Å². The highest BCUT2D eigenvalue weighted by Gasteiger charge is 2.29. The summed E-state index contributed by atoms with van der Waals surface area (Å²) in [5.41, 5.74) is 0.597. The maximum atomic E-state index is 11.8. The van der Waals surface area contributed by atoms with Crippen molar-refractivity contribution in [3.8, 4) is 5.75 Å². The van der Waals surface area contributed by atoms with Crippen LogP contribution in [0.15, 0.2) is 28.0 Å².